The third kappa shape index (κ3) is 21.0. The predicted molar refractivity (Wildman–Crippen MR) is 131 cm³/mol. The molecule has 3 atom stereocenters. The fourth-order valence-corrected chi connectivity index (χ4v) is 3.64. The lowest BCUT2D eigenvalue weighted by molar-refractivity contribution is 0.109. The van der Waals surface area contributed by atoms with Crippen LogP contribution in [0.1, 0.15) is 104 Å². The van der Waals surface area contributed by atoms with Gasteiger partial charge in [-0.25, -0.2) is 0 Å². The minimum atomic E-state index is -0.218. The molecule has 0 aliphatic carbocycles. The van der Waals surface area contributed by atoms with E-state index < -0.39 is 0 Å². The van der Waals surface area contributed by atoms with E-state index in [9.17, 15) is 10.2 Å². The average molecular weight is 430 g/mol. The van der Waals surface area contributed by atoms with Crippen LogP contribution in [0.2, 0.25) is 0 Å². The second-order valence-electron chi connectivity index (χ2n) is 9.09. The van der Waals surface area contributed by atoms with Gasteiger partial charge in [0.1, 0.15) is 0 Å². The largest absolute Gasteiger partial charge is 0.392 e. The summed E-state index contributed by atoms with van der Waals surface area (Å²) in [5.41, 5.74) is 0. The first kappa shape index (κ1) is 29.8. The molecule has 5 heteroatoms. The number of unbranched alkanes of at least 4 members (excludes halogenated alkanes) is 9. The van der Waals surface area contributed by atoms with Crippen molar-refractivity contribution < 1.29 is 10.2 Å². The van der Waals surface area contributed by atoms with Gasteiger partial charge in [0.25, 0.3) is 0 Å². The standard InChI is InChI=1S/C25H55N3O2/c1-4-6-7-8-9-10-11-13-16-23(3)25(30)22-27-18-15-12-14-17-26-19-20-28-21-24(29)5-2/h23-30H,4-22H2,1-3H3. The van der Waals surface area contributed by atoms with Crippen LogP contribution in [0.5, 0.6) is 0 Å². The molecule has 0 aromatic heterocycles. The van der Waals surface area contributed by atoms with E-state index in [0.717, 1.165) is 45.6 Å². The first-order valence-corrected chi connectivity index (χ1v) is 13.1. The fraction of sp³-hybridized carbons (Fsp3) is 1.00. The summed E-state index contributed by atoms with van der Waals surface area (Å²) in [7, 11) is 0. The molecule has 0 heterocycles. The van der Waals surface area contributed by atoms with E-state index in [4.69, 9.17) is 0 Å². The van der Waals surface area contributed by atoms with E-state index in [1.54, 1.807) is 0 Å². The lowest BCUT2D eigenvalue weighted by atomic mass is 9.96. The number of aliphatic hydroxyl groups excluding tert-OH is 2. The normalized spacial score (nSPS) is 14.7. The van der Waals surface area contributed by atoms with Crippen LogP contribution in [-0.2, 0) is 0 Å². The van der Waals surface area contributed by atoms with E-state index in [-0.39, 0.29) is 12.2 Å². The highest BCUT2D eigenvalue weighted by Crippen LogP contribution is 2.15. The van der Waals surface area contributed by atoms with E-state index in [0.29, 0.717) is 12.5 Å². The molecule has 0 amide bonds. The van der Waals surface area contributed by atoms with Crippen LogP contribution in [-0.4, -0.2) is 61.7 Å². The van der Waals surface area contributed by atoms with Gasteiger partial charge < -0.3 is 26.2 Å². The van der Waals surface area contributed by atoms with Crippen molar-refractivity contribution in [3.8, 4) is 0 Å². The molecule has 0 aliphatic rings. The van der Waals surface area contributed by atoms with Crippen LogP contribution < -0.4 is 16.0 Å². The molecule has 0 saturated heterocycles. The number of hydrogen-bond acceptors (Lipinski definition) is 5. The molecule has 0 aromatic rings. The Bertz CT molecular complexity index is 332. The van der Waals surface area contributed by atoms with Crippen molar-refractivity contribution in [3.05, 3.63) is 0 Å². The average Bonchev–Trinajstić information content (AvgIpc) is 2.75. The molecule has 0 saturated carbocycles. The molecule has 5 N–H and O–H groups in total. The van der Waals surface area contributed by atoms with Crippen LogP contribution in [0.15, 0.2) is 0 Å². The number of rotatable bonds is 24. The van der Waals surface area contributed by atoms with Gasteiger partial charge in [0.15, 0.2) is 0 Å². The van der Waals surface area contributed by atoms with Crippen LogP contribution in [0.3, 0.4) is 0 Å². The third-order valence-electron chi connectivity index (χ3n) is 6.06. The summed E-state index contributed by atoms with van der Waals surface area (Å²) in [6.07, 6.45) is 15.9. The van der Waals surface area contributed by atoms with E-state index in [1.165, 1.54) is 70.6 Å². The second kappa shape index (κ2) is 23.5. The molecule has 0 spiro atoms. The Labute approximate surface area is 188 Å². The van der Waals surface area contributed by atoms with Gasteiger partial charge in [-0.3, -0.25) is 0 Å². The van der Waals surface area contributed by atoms with E-state index >= 15 is 0 Å². The summed E-state index contributed by atoms with van der Waals surface area (Å²) in [6, 6.07) is 0. The van der Waals surface area contributed by atoms with Crippen LogP contribution in [0.4, 0.5) is 0 Å². The quantitative estimate of drug-likeness (QED) is 0.149. The van der Waals surface area contributed by atoms with Gasteiger partial charge in [-0.1, -0.05) is 78.6 Å². The van der Waals surface area contributed by atoms with Gasteiger partial charge in [-0.05, 0) is 44.7 Å². The zero-order valence-corrected chi connectivity index (χ0v) is 20.6. The third-order valence-corrected chi connectivity index (χ3v) is 6.06. The number of hydrogen-bond donors (Lipinski definition) is 5. The molecular weight excluding hydrogens is 374 g/mol. The molecule has 3 unspecified atom stereocenters. The van der Waals surface area contributed by atoms with Crippen molar-refractivity contribution in [1.82, 2.24) is 16.0 Å². The molecule has 182 valence electrons. The molecule has 0 rings (SSSR count). The Morgan fingerprint density at radius 3 is 1.80 bits per heavy atom. The molecule has 0 radical (unpaired) electrons. The van der Waals surface area contributed by atoms with Crippen molar-refractivity contribution in [2.75, 3.05) is 39.3 Å². The Balaban J connectivity index is 3.31. The highest BCUT2D eigenvalue weighted by Gasteiger charge is 2.13. The summed E-state index contributed by atoms with van der Waals surface area (Å²) < 4.78 is 0. The van der Waals surface area contributed by atoms with Crippen LogP contribution in [0, 0.1) is 5.92 Å². The van der Waals surface area contributed by atoms with Crippen molar-refractivity contribution in [2.24, 2.45) is 5.92 Å². The lowest BCUT2D eigenvalue weighted by Gasteiger charge is -2.19. The second-order valence-corrected chi connectivity index (χ2v) is 9.09. The molecule has 30 heavy (non-hydrogen) atoms. The monoisotopic (exact) mass is 429 g/mol. The van der Waals surface area contributed by atoms with Gasteiger partial charge in [0.2, 0.25) is 0 Å². The Hall–Kier alpha value is -0.200. The van der Waals surface area contributed by atoms with Gasteiger partial charge in [0, 0.05) is 26.2 Å². The highest BCUT2D eigenvalue weighted by atomic mass is 16.3. The van der Waals surface area contributed by atoms with Gasteiger partial charge in [-0.15, -0.1) is 0 Å². The maximum Gasteiger partial charge on any atom is 0.0690 e. The molecule has 0 fully saturated rings. The first-order valence-electron chi connectivity index (χ1n) is 13.1. The fourth-order valence-electron chi connectivity index (χ4n) is 3.64. The Morgan fingerprint density at radius 2 is 1.13 bits per heavy atom. The van der Waals surface area contributed by atoms with Crippen molar-refractivity contribution in [1.29, 1.82) is 0 Å². The topological polar surface area (TPSA) is 76.5 Å². The minimum Gasteiger partial charge on any atom is -0.392 e. The van der Waals surface area contributed by atoms with Crippen LogP contribution >= 0.6 is 0 Å². The van der Waals surface area contributed by atoms with E-state index in [2.05, 4.69) is 29.8 Å². The zero-order valence-electron chi connectivity index (χ0n) is 20.6. The van der Waals surface area contributed by atoms with E-state index in [1.807, 2.05) is 6.92 Å². The maximum atomic E-state index is 10.3. The summed E-state index contributed by atoms with van der Waals surface area (Å²) in [6.45, 7) is 11.8. The first-order chi connectivity index (χ1) is 14.6. The summed E-state index contributed by atoms with van der Waals surface area (Å²) in [5, 5.41) is 29.9. The van der Waals surface area contributed by atoms with Gasteiger partial charge in [-0.2, -0.15) is 0 Å². The molecular formula is C25H55N3O2. The summed E-state index contributed by atoms with van der Waals surface area (Å²) >= 11 is 0. The van der Waals surface area contributed by atoms with Crippen LogP contribution in [0.25, 0.3) is 0 Å². The predicted octanol–water partition coefficient (Wildman–Crippen LogP) is 4.22. The zero-order chi connectivity index (χ0) is 22.3. The smallest absolute Gasteiger partial charge is 0.0690 e. The summed E-state index contributed by atoms with van der Waals surface area (Å²) in [5.74, 6) is 0.397. The summed E-state index contributed by atoms with van der Waals surface area (Å²) in [4.78, 5) is 0. The maximum absolute atomic E-state index is 10.3. The number of nitrogens with one attached hydrogen (secondary N) is 3. The molecule has 0 aromatic carbocycles. The van der Waals surface area contributed by atoms with Gasteiger partial charge in [0.05, 0.1) is 12.2 Å². The van der Waals surface area contributed by atoms with Gasteiger partial charge >= 0.3 is 0 Å². The molecule has 5 nitrogen and oxygen atoms in total. The molecule has 0 aliphatic heterocycles. The van der Waals surface area contributed by atoms with Crippen molar-refractivity contribution in [3.63, 3.8) is 0 Å². The Kier molecular flexibility index (Phi) is 23.3. The van der Waals surface area contributed by atoms with Crippen molar-refractivity contribution in [2.45, 2.75) is 116 Å². The Morgan fingerprint density at radius 1 is 0.600 bits per heavy atom. The minimum absolute atomic E-state index is 0.213. The number of aliphatic hydroxyl groups is 2. The SMILES string of the molecule is CCCCCCCCCCC(C)C(O)CNCCCCCNCCNCC(O)CC. The van der Waals surface area contributed by atoms with Crippen molar-refractivity contribution >= 4 is 0 Å². The highest BCUT2D eigenvalue weighted by molar-refractivity contribution is 4.67. The molecule has 0 bridgehead atoms. The lowest BCUT2D eigenvalue weighted by Crippen LogP contribution is -2.33.